The molecule has 1 fully saturated rings. The molecule has 4 heteroatoms. The summed E-state index contributed by atoms with van der Waals surface area (Å²) in [6.07, 6.45) is 0.977. The third-order valence-corrected chi connectivity index (χ3v) is 3.36. The average molecular weight is 234 g/mol. The molecule has 1 atom stereocenters. The smallest absolute Gasteiger partial charge is 0.145 e. The van der Waals surface area contributed by atoms with Crippen LogP contribution in [-0.2, 0) is 6.42 Å². The van der Waals surface area contributed by atoms with E-state index >= 15 is 0 Å². The molecule has 1 aromatic heterocycles. The average Bonchev–Trinajstić information content (AvgIpc) is 2.38. The van der Waals surface area contributed by atoms with Crippen LogP contribution in [0.3, 0.4) is 0 Å². The lowest BCUT2D eigenvalue weighted by Gasteiger charge is -2.32. The normalized spacial score (nSPS) is 19.2. The van der Waals surface area contributed by atoms with Crippen molar-refractivity contribution < 1.29 is 0 Å². The number of aryl methyl sites for hydroxylation is 2. The lowest BCUT2D eigenvalue weighted by atomic mass is 10.2. The van der Waals surface area contributed by atoms with E-state index in [1.807, 2.05) is 0 Å². The molecule has 1 aliphatic rings. The Hall–Kier alpha value is -1.00. The summed E-state index contributed by atoms with van der Waals surface area (Å²) < 4.78 is 0. The number of nitrogens with zero attached hydrogens (tertiary/aromatic N) is 3. The number of hydrogen-bond acceptors (Lipinski definition) is 4. The first-order valence-corrected chi connectivity index (χ1v) is 6.50. The standard InChI is InChI=1S/C13H22N4/c1-4-12-9-10(2)15-13(16-12)11(3)17-7-5-14-6-8-17/h9,11,14H,4-8H2,1-3H3. The second-order valence-corrected chi connectivity index (χ2v) is 4.67. The van der Waals surface area contributed by atoms with Gasteiger partial charge in [-0.3, -0.25) is 4.90 Å². The van der Waals surface area contributed by atoms with Gasteiger partial charge < -0.3 is 5.32 Å². The molecular formula is C13H22N4. The van der Waals surface area contributed by atoms with Crippen molar-refractivity contribution in [3.63, 3.8) is 0 Å². The minimum Gasteiger partial charge on any atom is -0.314 e. The van der Waals surface area contributed by atoms with E-state index in [4.69, 9.17) is 0 Å². The number of rotatable bonds is 3. The molecule has 0 bridgehead atoms. The molecule has 0 aliphatic carbocycles. The molecule has 2 rings (SSSR count). The first kappa shape index (κ1) is 12.5. The van der Waals surface area contributed by atoms with Crippen molar-refractivity contribution in [1.82, 2.24) is 20.2 Å². The second kappa shape index (κ2) is 5.56. The SMILES string of the molecule is CCc1cc(C)nc(C(C)N2CCNCC2)n1. The van der Waals surface area contributed by atoms with Crippen LogP contribution >= 0.6 is 0 Å². The fraction of sp³-hybridized carbons (Fsp3) is 0.692. The van der Waals surface area contributed by atoms with Crippen molar-refractivity contribution >= 4 is 0 Å². The van der Waals surface area contributed by atoms with Gasteiger partial charge in [-0.1, -0.05) is 6.92 Å². The zero-order valence-electron chi connectivity index (χ0n) is 11.0. The van der Waals surface area contributed by atoms with E-state index < -0.39 is 0 Å². The second-order valence-electron chi connectivity index (χ2n) is 4.67. The Morgan fingerprint density at radius 2 is 2.06 bits per heavy atom. The third-order valence-electron chi connectivity index (χ3n) is 3.36. The van der Waals surface area contributed by atoms with Crippen LogP contribution in [0, 0.1) is 6.92 Å². The Balaban J connectivity index is 2.17. The molecule has 17 heavy (non-hydrogen) atoms. The number of aromatic nitrogens is 2. The first-order chi connectivity index (χ1) is 8.20. The van der Waals surface area contributed by atoms with Crippen LogP contribution in [-0.4, -0.2) is 41.0 Å². The van der Waals surface area contributed by atoms with Gasteiger partial charge in [-0.25, -0.2) is 9.97 Å². The van der Waals surface area contributed by atoms with Crippen LogP contribution in [0.2, 0.25) is 0 Å². The first-order valence-electron chi connectivity index (χ1n) is 6.50. The van der Waals surface area contributed by atoms with Crippen LogP contribution in [0.15, 0.2) is 6.07 Å². The van der Waals surface area contributed by atoms with E-state index in [1.54, 1.807) is 0 Å². The van der Waals surface area contributed by atoms with E-state index in [9.17, 15) is 0 Å². The van der Waals surface area contributed by atoms with Gasteiger partial charge in [0, 0.05) is 37.6 Å². The Morgan fingerprint density at radius 1 is 1.35 bits per heavy atom. The van der Waals surface area contributed by atoms with Gasteiger partial charge in [0.05, 0.1) is 6.04 Å². The maximum atomic E-state index is 4.65. The quantitative estimate of drug-likeness (QED) is 0.856. The molecule has 0 spiro atoms. The van der Waals surface area contributed by atoms with Gasteiger partial charge in [0.2, 0.25) is 0 Å². The van der Waals surface area contributed by atoms with Crippen molar-refractivity contribution in [3.05, 3.63) is 23.3 Å². The molecule has 0 amide bonds. The van der Waals surface area contributed by atoms with Gasteiger partial charge >= 0.3 is 0 Å². The summed E-state index contributed by atoms with van der Waals surface area (Å²) in [7, 11) is 0. The highest BCUT2D eigenvalue weighted by atomic mass is 15.2. The molecular weight excluding hydrogens is 212 g/mol. The lowest BCUT2D eigenvalue weighted by molar-refractivity contribution is 0.179. The largest absolute Gasteiger partial charge is 0.314 e. The highest BCUT2D eigenvalue weighted by Crippen LogP contribution is 2.17. The van der Waals surface area contributed by atoms with Gasteiger partial charge in [0.15, 0.2) is 0 Å². The molecule has 0 aromatic carbocycles. The topological polar surface area (TPSA) is 41.1 Å². The van der Waals surface area contributed by atoms with Crippen molar-refractivity contribution in [2.45, 2.75) is 33.2 Å². The molecule has 4 nitrogen and oxygen atoms in total. The monoisotopic (exact) mass is 234 g/mol. The lowest BCUT2D eigenvalue weighted by Crippen LogP contribution is -2.44. The van der Waals surface area contributed by atoms with E-state index in [2.05, 4.69) is 47.0 Å². The summed E-state index contributed by atoms with van der Waals surface area (Å²) in [4.78, 5) is 11.7. The van der Waals surface area contributed by atoms with E-state index in [0.29, 0.717) is 6.04 Å². The van der Waals surface area contributed by atoms with Gasteiger partial charge in [0.25, 0.3) is 0 Å². The zero-order valence-corrected chi connectivity index (χ0v) is 11.0. The van der Waals surface area contributed by atoms with Gasteiger partial charge in [-0.05, 0) is 26.3 Å². The maximum Gasteiger partial charge on any atom is 0.145 e. The summed E-state index contributed by atoms with van der Waals surface area (Å²) in [5.41, 5.74) is 2.23. The van der Waals surface area contributed by atoms with Gasteiger partial charge in [-0.15, -0.1) is 0 Å². The van der Waals surface area contributed by atoms with E-state index in [-0.39, 0.29) is 0 Å². The van der Waals surface area contributed by atoms with Gasteiger partial charge in [-0.2, -0.15) is 0 Å². The summed E-state index contributed by atoms with van der Waals surface area (Å²) in [6.45, 7) is 10.7. The van der Waals surface area contributed by atoms with Crippen molar-refractivity contribution in [2.75, 3.05) is 26.2 Å². The van der Waals surface area contributed by atoms with E-state index in [0.717, 1.165) is 49.8 Å². The molecule has 1 aromatic rings. The Labute approximate surface area is 103 Å². The summed E-state index contributed by atoms with van der Waals surface area (Å²) in [6, 6.07) is 2.40. The Kier molecular flexibility index (Phi) is 4.07. The minimum atomic E-state index is 0.322. The number of nitrogens with one attached hydrogen (secondary N) is 1. The predicted octanol–water partition coefficient (Wildman–Crippen LogP) is 1.31. The summed E-state index contributed by atoms with van der Waals surface area (Å²) in [5, 5.41) is 3.37. The van der Waals surface area contributed by atoms with Crippen LogP contribution in [0.5, 0.6) is 0 Å². The molecule has 1 aliphatic heterocycles. The maximum absolute atomic E-state index is 4.65. The fourth-order valence-corrected chi connectivity index (χ4v) is 2.26. The number of piperazine rings is 1. The van der Waals surface area contributed by atoms with E-state index in [1.165, 1.54) is 0 Å². The van der Waals surface area contributed by atoms with Crippen LogP contribution in [0.1, 0.15) is 37.1 Å². The molecule has 2 heterocycles. The van der Waals surface area contributed by atoms with Crippen molar-refractivity contribution in [1.29, 1.82) is 0 Å². The van der Waals surface area contributed by atoms with Crippen LogP contribution in [0.25, 0.3) is 0 Å². The fourth-order valence-electron chi connectivity index (χ4n) is 2.26. The van der Waals surface area contributed by atoms with Crippen molar-refractivity contribution in [2.24, 2.45) is 0 Å². The number of hydrogen-bond donors (Lipinski definition) is 1. The zero-order chi connectivity index (χ0) is 12.3. The third kappa shape index (κ3) is 3.01. The Morgan fingerprint density at radius 3 is 2.71 bits per heavy atom. The summed E-state index contributed by atoms with van der Waals surface area (Å²) >= 11 is 0. The Bertz CT molecular complexity index is 372. The summed E-state index contributed by atoms with van der Waals surface area (Å²) in [5.74, 6) is 0.976. The molecule has 1 saturated heterocycles. The molecule has 0 radical (unpaired) electrons. The highest BCUT2D eigenvalue weighted by molar-refractivity contribution is 5.11. The minimum absolute atomic E-state index is 0.322. The molecule has 1 N–H and O–H groups in total. The van der Waals surface area contributed by atoms with Crippen LogP contribution in [0.4, 0.5) is 0 Å². The van der Waals surface area contributed by atoms with Crippen LogP contribution < -0.4 is 5.32 Å². The molecule has 0 saturated carbocycles. The van der Waals surface area contributed by atoms with Gasteiger partial charge in [0.1, 0.15) is 5.82 Å². The molecule has 94 valence electrons. The van der Waals surface area contributed by atoms with Crippen molar-refractivity contribution in [3.8, 4) is 0 Å². The predicted molar refractivity (Wildman–Crippen MR) is 69.0 cm³/mol. The highest BCUT2D eigenvalue weighted by Gasteiger charge is 2.20. The molecule has 1 unspecified atom stereocenters.